The summed E-state index contributed by atoms with van der Waals surface area (Å²) in [6, 6.07) is 0. The molecule has 0 spiro atoms. The van der Waals surface area contributed by atoms with Gasteiger partial charge in [-0.3, -0.25) is 14.4 Å². The van der Waals surface area contributed by atoms with Crippen molar-refractivity contribution >= 4 is 17.9 Å². The molecule has 0 aromatic rings. The van der Waals surface area contributed by atoms with Crippen molar-refractivity contribution in [2.24, 2.45) is 0 Å². The lowest BCUT2D eigenvalue weighted by Gasteiger charge is -2.18. The van der Waals surface area contributed by atoms with E-state index in [1.807, 2.05) is 0 Å². The number of esters is 3. The molecule has 1 atom stereocenters. The molecule has 0 aromatic carbocycles. The van der Waals surface area contributed by atoms with Crippen LogP contribution in [0, 0.1) is 0 Å². The molecule has 0 saturated carbocycles. The molecule has 0 saturated heterocycles. The van der Waals surface area contributed by atoms with Gasteiger partial charge in [-0.25, -0.2) is 0 Å². The van der Waals surface area contributed by atoms with E-state index < -0.39 is 6.10 Å². The summed E-state index contributed by atoms with van der Waals surface area (Å²) in [4.78, 5) is 38.1. The predicted octanol–water partition coefficient (Wildman–Crippen LogP) is 19.2. The molecular formula is C61H108O6. The van der Waals surface area contributed by atoms with E-state index in [2.05, 4.69) is 81.5 Å². The van der Waals surface area contributed by atoms with Crippen LogP contribution in [0.5, 0.6) is 0 Å². The Labute approximate surface area is 415 Å². The second-order valence-corrected chi connectivity index (χ2v) is 19.2. The second-order valence-electron chi connectivity index (χ2n) is 19.2. The number of ether oxygens (including phenoxy) is 3. The average molecular weight is 938 g/mol. The van der Waals surface area contributed by atoms with Gasteiger partial charge in [-0.2, -0.15) is 0 Å². The van der Waals surface area contributed by atoms with Gasteiger partial charge < -0.3 is 14.2 Å². The zero-order valence-corrected chi connectivity index (χ0v) is 44.4. The zero-order chi connectivity index (χ0) is 48.6. The number of rotatable bonds is 52. The summed E-state index contributed by atoms with van der Waals surface area (Å²) in [7, 11) is 0. The van der Waals surface area contributed by atoms with Crippen molar-refractivity contribution in [2.45, 2.75) is 297 Å². The lowest BCUT2D eigenvalue weighted by Crippen LogP contribution is -2.30. The third-order valence-electron chi connectivity index (χ3n) is 12.5. The van der Waals surface area contributed by atoms with Crippen molar-refractivity contribution in [3.63, 3.8) is 0 Å². The monoisotopic (exact) mass is 937 g/mol. The van der Waals surface area contributed by atoms with Crippen LogP contribution in [-0.2, 0) is 28.6 Å². The fourth-order valence-electron chi connectivity index (χ4n) is 8.07. The Hall–Kier alpha value is -2.89. The number of carbonyl (C=O) groups excluding carboxylic acids is 3. The largest absolute Gasteiger partial charge is 0.462 e. The maximum atomic E-state index is 12.9. The van der Waals surface area contributed by atoms with Gasteiger partial charge in [0.05, 0.1) is 0 Å². The Bertz CT molecular complexity index is 1210. The van der Waals surface area contributed by atoms with Crippen LogP contribution in [0.4, 0.5) is 0 Å². The standard InChI is InChI=1S/C61H108O6/c1-4-7-10-13-16-19-22-24-26-28-29-30-31-33-35-37-40-43-46-49-52-55-61(64)67-58(56-65-59(62)53-50-47-44-41-38-21-18-15-12-9-6-3)57-66-60(63)54-51-48-45-42-39-36-34-32-27-25-23-20-17-14-11-8-5-2/h15,17-18,20,24-27,34,36,58H,4-14,16,19,21-23,28-33,35,37-57H2,1-3H3/b18-15-,20-17-,26-24-,27-25-,36-34-/t58-/m0/s1. The molecule has 0 unspecified atom stereocenters. The van der Waals surface area contributed by atoms with Gasteiger partial charge >= 0.3 is 17.9 Å². The van der Waals surface area contributed by atoms with Crippen LogP contribution in [0.3, 0.4) is 0 Å². The maximum Gasteiger partial charge on any atom is 0.306 e. The van der Waals surface area contributed by atoms with Crippen molar-refractivity contribution in [1.29, 1.82) is 0 Å². The van der Waals surface area contributed by atoms with Crippen LogP contribution in [0.25, 0.3) is 0 Å². The summed E-state index contributed by atoms with van der Waals surface area (Å²) in [5, 5.41) is 0. The summed E-state index contributed by atoms with van der Waals surface area (Å²) in [5.41, 5.74) is 0. The van der Waals surface area contributed by atoms with E-state index in [-0.39, 0.29) is 31.1 Å². The molecular weight excluding hydrogens is 829 g/mol. The molecule has 67 heavy (non-hydrogen) atoms. The molecule has 388 valence electrons. The van der Waals surface area contributed by atoms with Crippen molar-refractivity contribution in [2.75, 3.05) is 13.2 Å². The smallest absolute Gasteiger partial charge is 0.306 e. The molecule has 0 heterocycles. The highest BCUT2D eigenvalue weighted by Crippen LogP contribution is 2.15. The SMILES string of the molecule is CCCC/C=C\CCCCCCCC(=O)OC[C@@H](COC(=O)CCCCCC/C=C\C/C=C\C/C=C\CCCCC)OC(=O)CCCCCCCCCCCCC/C=C\CCCCCCCC. The fraction of sp³-hybridized carbons (Fsp3) is 0.787. The fourth-order valence-corrected chi connectivity index (χ4v) is 8.07. The molecule has 0 radical (unpaired) electrons. The average Bonchev–Trinajstić information content (AvgIpc) is 3.33. The summed E-state index contributed by atoms with van der Waals surface area (Å²) < 4.78 is 16.8. The van der Waals surface area contributed by atoms with Crippen molar-refractivity contribution in [3.8, 4) is 0 Å². The summed E-state index contributed by atoms with van der Waals surface area (Å²) in [5.74, 6) is -0.908. The number of hydrogen-bond acceptors (Lipinski definition) is 6. The molecule has 6 heteroatoms. The van der Waals surface area contributed by atoms with Crippen LogP contribution in [0.1, 0.15) is 290 Å². The van der Waals surface area contributed by atoms with Crippen molar-refractivity contribution in [1.82, 2.24) is 0 Å². The number of hydrogen-bond donors (Lipinski definition) is 0. The van der Waals surface area contributed by atoms with Gasteiger partial charge in [0.1, 0.15) is 13.2 Å². The van der Waals surface area contributed by atoms with Crippen LogP contribution in [-0.4, -0.2) is 37.2 Å². The molecule has 0 N–H and O–H groups in total. The number of carbonyl (C=O) groups is 3. The predicted molar refractivity (Wildman–Crippen MR) is 288 cm³/mol. The third-order valence-corrected chi connectivity index (χ3v) is 12.5. The Balaban J connectivity index is 4.34. The molecule has 0 rings (SSSR count). The Morgan fingerprint density at radius 1 is 0.299 bits per heavy atom. The Morgan fingerprint density at radius 2 is 0.552 bits per heavy atom. The number of unbranched alkanes of at least 4 members (excludes halogenated alkanes) is 31. The first-order valence-electron chi connectivity index (χ1n) is 28.8. The Morgan fingerprint density at radius 3 is 0.925 bits per heavy atom. The van der Waals surface area contributed by atoms with E-state index in [0.717, 1.165) is 89.9 Å². The first-order chi connectivity index (χ1) is 33.0. The second kappa shape index (κ2) is 55.7. The van der Waals surface area contributed by atoms with Gasteiger partial charge in [0, 0.05) is 19.3 Å². The zero-order valence-electron chi connectivity index (χ0n) is 44.4. The van der Waals surface area contributed by atoms with E-state index >= 15 is 0 Å². The molecule has 0 amide bonds. The molecule has 0 fully saturated rings. The normalized spacial score (nSPS) is 12.5. The highest BCUT2D eigenvalue weighted by molar-refractivity contribution is 5.71. The molecule has 6 nitrogen and oxygen atoms in total. The maximum absolute atomic E-state index is 12.9. The quantitative estimate of drug-likeness (QED) is 0.0262. The van der Waals surface area contributed by atoms with E-state index in [1.165, 1.54) is 161 Å². The lowest BCUT2D eigenvalue weighted by atomic mass is 10.0. The van der Waals surface area contributed by atoms with Crippen LogP contribution in [0.15, 0.2) is 60.8 Å². The minimum absolute atomic E-state index is 0.0853. The van der Waals surface area contributed by atoms with Crippen molar-refractivity contribution < 1.29 is 28.6 Å². The minimum atomic E-state index is -0.786. The number of allylic oxidation sites excluding steroid dienone is 10. The van der Waals surface area contributed by atoms with Gasteiger partial charge in [0.25, 0.3) is 0 Å². The molecule has 0 aliphatic rings. The van der Waals surface area contributed by atoms with Crippen LogP contribution >= 0.6 is 0 Å². The van der Waals surface area contributed by atoms with Crippen molar-refractivity contribution in [3.05, 3.63) is 60.8 Å². The summed E-state index contributed by atoms with van der Waals surface area (Å²) in [6.45, 7) is 6.56. The van der Waals surface area contributed by atoms with Crippen LogP contribution in [0.2, 0.25) is 0 Å². The molecule has 0 bridgehead atoms. The lowest BCUT2D eigenvalue weighted by molar-refractivity contribution is -0.167. The molecule has 0 aromatic heterocycles. The molecule has 0 aliphatic carbocycles. The summed E-state index contributed by atoms with van der Waals surface area (Å²) in [6.07, 6.45) is 69.3. The third kappa shape index (κ3) is 53.9. The van der Waals surface area contributed by atoms with E-state index in [1.54, 1.807) is 0 Å². The molecule has 0 aliphatic heterocycles. The first-order valence-corrected chi connectivity index (χ1v) is 28.8. The highest BCUT2D eigenvalue weighted by Gasteiger charge is 2.19. The Kier molecular flexibility index (Phi) is 53.3. The van der Waals surface area contributed by atoms with Gasteiger partial charge in [-0.15, -0.1) is 0 Å². The van der Waals surface area contributed by atoms with E-state index in [9.17, 15) is 14.4 Å². The van der Waals surface area contributed by atoms with Gasteiger partial charge in [0.15, 0.2) is 6.10 Å². The topological polar surface area (TPSA) is 78.9 Å². The summed E-state index contributed by atoms with van der Waals surface area (Å²) >= 11 is 0. The highest BCUT2D eigenvalue weighted by atomic mass is 16.6. The van der Waals surface area contributed by atoms with E-state index in [4.69, 9.17) is 14.2 Å². The van der Waals surface area contributed by atoms with Crippen LogP contribution < -0.4 is 0 Å². The minimum Gasteiger partial charge on any atom is -0.462 e. The first kappa shape index (κ1) is 64.1. The van der Waals surface area contributed by atoms with Gasteiger partial charge in [-0.1, -0.05) is 229 Å². The van der Waals surface area contributed by atoms with Gasteiger partial charge in [-0.05, 0) is 103 Å². The van der Waals surface area contributed by atoms with Gasteiger partial charge in [0.2, 0.25) is 0 Å². The van der Waals surface area contributed by atoms with E-state index in [0.29, 0.717) is 19.3 Å².